The van der Waals surface area contributed by atoms with E-state index in [1.807, 2.05) is 6.92 Å². The molecule has 0 saturated heterocycles. The van der Waals surface area contributed by atoms with Gasteiger partial charge in [-0.05, 0) is 26.3 Å². The van der Waals surface area contributed by atoms with Gasteiger partial charge >= 0.3 is 0 Å². The largest absolute Gasteiger partial charge is 0.355 e. The molecule has 1 aliphatic carbocycles. The first-order valence-electron chi connectivity index (χ1n) is 5.89. The molecule has 1 unspecified atom stereocenters. The highest BCUT2D eigenvalue weighted by atomic mass is 16.1. The number of carbonyl (C=O) groups is 1. The molecule has 0 heterocycles. The highest BCUT2D eigenvalue weighted by Crippen LogP contribution is 2.25. The summed E-state index contributed by atoms with van der Waals surface area (Å²) in [7, 11) is 0. The van der Waals surface area contributed by atoms with Crippen LogP contribution in [0.5, 0.6) is 0 Å². The van der Waals surface area contributed by atoms with E-state index >= 15 is 0 Å². The second-order valence-electron chi connectivity index (χ2n) is 4.39. The van der Waals surface area contributed by atoms with E-state index in [0.29, 0.717) is 6.42 Å². The highest BCUT2D eigenvalue weighted by Gasteiger charge is 2.27. The van der Waals surface area contributed by atoms with Gasteiger partial charge in [-0.25, -0.2) is 0 Å². The fraction of sp³-hybridized carbons (Fsp3) is 0.909. The van der Waals surface area contributed by atoms with Gasteiger partial charge in [-0.1, -0.05) is 6.92 Å². The number of amides is 1. The van der Waals surface area contributed by atoms with Crippen molar-refractivity contribution in [1.29, 1.82) is 0 Å². The van der Waals surface area contributed by atoms with Gasteiger partial charge in [-0.15, -0.1) is 0 Å². The van der Waals surface area contributed by atoms with Crippen molar-refractivity contribution < 1.29 is 4.79 Å². The van der Waals surface area contributed by atoms with Gasteiger partial charge < -0.3 is 11.1 Å². The molecule has 0 aliphatic heterocycles. The molecule has 1 rings (SSSR count). The molecule has 0 aromatic rings. The van der Waals surface area contributed by atoms with E-state index < -0.39 is 0 Å². The minimum Gasteiger partial charge on any atom is -0.355 e. The van der Waals surface area contributed by atoms with Crippen LogP contribution in [0.3, 0.4) is 0 Å². The summed E-state index contributed by atoms with van der Waals surface area (Å²) < 4.78 is 0. The van der Waals surface area contributed by atoms with Crippen molar-refractivity contribution in [2.45, 2.75) is 45.2 Å². The first-order valence-corrected chi connectivity index (χ1v) is 5.89. The zero-order chi connectivity index (χ0) is 11.3. The third-order valence-corrected chi connectivity index (χ3v) is 2.70. The Kier molecular flexibility index (Phi) is 5.05. The third kappa shape index (κ3) is 5.14. The lowest BCUT2D eigenvalue weighted by Gasteiger charge is -2.19. The van der Waals surface area contributed by atoms with Gasteiger partial charge in [0.25, 0.3) is 0 Å². The Morgan fingerprint density at radius 3 is 2.73 bits per heavy atom. The molecule has 4 nitrogen and oxygen atoms in total. The number of likely N-dealkylation sites (N-methyl/N-ethyl adjacent to an activating group) is 1. The van der Waals surface area contributed by atoms with Gasteiger partial charge in [0.1, 0.15) is 0 Å². The fourth-order valence-corrected chi connectivity index (χ4v) is 1.74. The third-order valence-electron chi connectivity index (χ3n) is 2.70. The summed E-state index contributed by atoms with van der Waals surface area (Å²) in [6.45, 7) is 6.81. The molecule has 15 heavy (non-hydrogen) atoms. The van der Waals surface area contributed by atoms with Crippen molar-refractivity contribution in [3.05, 3.63) is 0 Å². The van der Waals surface area contributed by atoms with Crippen molar-refractivity contribution in [2.24, 2.45) is 5.73 Å². The minimum atomic E-state index is -0.0456. The standard InChI is InChI=1S/C11H23N3O/c1-3-14(10-4-5-10)7-6-13-11(15)8-9(2)12/h9-10H,3-8,12H2,1-2H3,(H,13,15). The van der Waals surface area contributed by atoms with Crippen molar-refractivity contribution in [3.8, 4) is 0 Å². The maximum absolute atomic E-state index is 11.3. The first kappa shape index (κ1) is 12.5. The molecule has 1 amide bonds. The average molecular weight is 213 g/mol. The van der Waals surface area contributed by atoms with Gasteiger partial charge in [0.05, 0.1) is 0 Å². The number of carbonyl (C=O) groups excluding carboxylic acids is 1. The summed E-state index contributed by atoms with van der Waals surface area (Å²) >= 11 is 0. The molecular formula is C11H23N3O. The van der Waals surface area contributed by atoms with Gasteiger partial charge in [0.2, 0.25) is 5.91 Å². The van der Waals surface area contributed by atoms with Crippen LogP contribution in [-0.4, -0.2) is 42.5 Å². The lowest BCUT2D eigenvalue weighted by atomic mass is 10.2. The Balaban J connectivity index is 2.06. The van der Waals surface area contributed by atoms with E-state index in [9.17, 15) is 4.79 Å². The van der Waals surface area contributed by atoms with E-state index in [4.69, 9.17) is 5.73 Å². The fourth-order valence-electron chi connectivity index (χ4n) is 1.74. The molecule has 0 aromatic carbocycles. The van der Waals surface area contributed by atoms with Crippen LogP contribution in [-0.2, 0) is 4.79 Å². The molecule has 1 fully saturated rings. The van der Waals surface area contributed by atoms with Crippen LogP contribution < -0.4 is 11.1 Å². The van der Waals surface area contributed by atoms with Gasteiger partial charge in [0.15, 0.2) is 0 Å². The molecule has 1 atom stereocenters. The van der Waals surface area contributed by atoms with Crippen LogP contribution in [0.25, 0.3) is 0 Å². The van der Waals surface area contributed by atoms with E-state index in [0.717, 1.165) is 25.7 Å². The van der Waals surface area contributed by atoms with Crippen LogP contribution in [0.4, 0.5) is 0 Å². The van der Waals surface area contributed by atoms with Crippen molar-refractivity contribution >= 4 is 5.91 Å². The van der Waals surface area contributed by atoms with E-state index in [-0.39, 0.29) is 11.9 Å². The molecule has 88 valence electrons. The Bertz CT molecular complexity index is 202. The molecule has 0 spiro atoms. The predicted octanol–water partition coefficient (Wildman–Crippen LogP) is 0.324. The molecule has 0 bridgehead atoms. The number of nitrogens with one attached hydrogen (secondary N) is 1. The molecule has 1 aliphatic rings. The molecule has 0 radical (unpaired) electrons. The quantitative estimate of drug-likeness (QED) is 0.640. The van der Waals surface area contributed by atoms with Crippen LogP contribution in [0.1, 0.15) is 33.1 Å². The summed E-state index contributed by atoms with van der Waals surface area (Å²) in [6.07, 6.45) is 3.07. The maximum Gasteiger partial charge on any atom is 0.221 e. The summed E-state index contributed by atoms with van der Waals surface area (Å²) in [5, 5.41) is 2.90. The number of nitrogens with two attached hydrogens (primary N) is 1. The van der Waals surface area contributed by atoms with Gasteiger partial charge in [-0.3, -0.25) is 9.69 Å². The highest BCUT2D eigenvalue weighted by molar-refractivity contribution is 5.76. The van der Waals surface area contributed by atoms with Crippen molar-refractivity contribution in [1.82, 2.24) is 10.2 Å². The molecule has 1 saturated carbocycles. The van der Waals surface area contributed by atoms with E-state index in [2.05, 4.69) is 17.1 Å². The van der Waals surface area contributed by atoms with Gasteiger partial charge in [-0.2, -0.15) is 0 Å². The molecule has 4 heteroatoms. The Labute approximate surface area is 92.2 Å². The summed E-state index contributed by atoms with van der Waals surface area (Å²) in [5.74, 6) is 0.0665. The lowest BCUT2D eigenvalue weighted by Crippen LogP contribution is -2.37. The van der Waals surface area contributed by atoms with Crippen LogP contribution in [0, 0.1) is 0 Å². The lowest BCUT2D eigenvalue weighted by molar-refractivity contribution is -0.121. The Morgan fingerprint density at radius 1 is 1.60 bits per heavy atom. The van der Waals surface area contributed by atoms with Crippen LogP contribution in [0.2, 0.25) is 0 Å². The van der Waals surface area contributed by atoms with Crippen LogP contribution in [0.15, 0.2) is 0 Å². The normalized spacial score (nSPS) is 17.9. The number of nitrogens with zero attached hydrogens (tertiary/aromatic N) is 1. The van der Waals surface area contributed by atoms with Gasteiger partial charge in [0, 0.05) is 31.6 Å². The second kappa shape index (κ2) is 6.08. The van der Waals surface area contributed by atoms with Crippen molar-refractivity contribution in [2.75, 3.05) is 19.6 Å². The van der Waals surface area contributed by atoms with E-state index in [1.54, 1.807) is 0 Å². The molecule has 0 aromatic heterocycles. The Hall–Kier alpha value is -0.610. The van der Waals surface area contributed by atoms with Crippen LogP contribution >= 0.6 is 0 Å². The zero-order valence-electron chi connectivity index (χ0n) is 9.83. The number of rotatable bonds is 7. The number of hydrogen-bond donors (Lipinski definition) is 2. The smallest absolute Gasteiger partial charge is 0.221 e. The molecule has 3 N–H and O–H groups in total. The average Bonchev–Trinajstić information content (AvgIpc) is 2.94. The van der Waals surface area contributed by atoms with Crippen molar-refractivity contribution in [3.63, 3.8) is 0 Å². The number of hydrogen-bond acceptors (Lipinski definition) is 3. The summed E-state index contributed by atoms with van der Waals surface area (Å²) in [5.41, 5.74) is 5.54. The Morgan fingerprint density at radius 2 is 2.27 bits per heavy atom. The topological polar surface area (TPSA) is 58.4 Å². The zero-order valence-corrected chi connectivity index (χ0v) is 9.83. The predicted molar refractivity (Wildman–Crippen MR) is 61.5 cm³/mol. The second-order valence-corrected chi connectivity index (χ2v) is 4.39. The minimum absolute atomic E-state index is 0.0456. The maximum atomic E-state index is 11.3. The SMILES string of the molecule is CCN(CCNC(=O)CC(C)N)C1CC1. The molecular weight excluding hydrogens is 190 g/mol. The first-order chi connectivity index (χ1) is 7.13. The van der Waals surface area contributed by atoms with E-state index in [1.165, 1.54) is 12.8 Å². The monoisotopic (exact) mass is 213 g/mol. The summed E-state index contributed by atoms with van der Waals surface area (Å²) in [6, 6.07) is 0.732. The summed E-state index contributed by atoms with van der Waals surface area (Å²) in [4.78, 5) is 13.7.